The number of rotatable bonds is 2. The van der Waals surface area contributed by atoms with E-state index in [-0.39, 0.29) is 23.3 Å². The monoisotopic (exact) mass is 272 g/mol. The second-order valence-corrected chi connectivity index (χ2v) is 3.80. The van der Waals surface area contributed by atoms with Crippen LogP contribution in [0.5, 0.6) is 0 Å². The fourth-order valence-corrected chi connectivity index (χ4v) is 1.39. The second-order valence-electron chi connectivity index (χ2n) is 3.80. The Morgan fingerprint density at radius 1 is 0.800 bits per heavy atom. The topological polar surface area (TPSA) is 136 Å². The molecule has 8 heteroatoms. The molecule has 2 rings (SSSR count). The van der Waals surface area contributed by atoms with Gasteiger partial charge in [0, 0.05) is 0 Å². The molecule has 2 aromatic rings. The minimum atomic E-state index is -0.882. The molecule has 0 radical (unpaired) electrons. The van der Waals surface area contributed by atoms with E-state index < -0.39 is 11.8 Å². The maximum absolute atomic E-state index is 11.7. The fourth-order valence-electron chi connectivity index (χ4n) is 1.39. The van der Waals surface area contributed by atoms with Crippen LogP contribution in [0.3, 0.4) is 0 Å². The highest BCUT2D eigenvalue weighted by Crippen LogP contribution is 2.07. The van der Waals surface area contributed by atoms with Crippen LogP contribution in [0, 0.1) is 0 Å². The van der Waals surface area contributed by atoms with Crippen molar-refractivity contribution in [3.05, 3.63) is 36.4 Å². The Balaban J connectivity index is 2.01. The van der Waals surface area contributed by atoms with E-state index in [0.717, 1.165) is 0 Å². The molecule has 0 aromatic carbocycles. The van der Waals surface area contributed by atoms with Crippen molar-refractivity contribution in [2.75, 3.05) is 22.1 Å². The molecule has 0 spiro atoms. The minimum Gasteiger partial charge on any atom is -0.384 e. The van der Waals surface area contributed by atoms with Crippen molar-refractivity contribution in [3.63, 3.8) is 0 Å². The highest BCUT2D eigenvalue weighted by Gasteiger charge is 2.15. The first-order valence-electron chi connectivity index (χ1n) is 5.62. The molecule has 0 unspecified atom stereocenters. The SMILES string of the molecule is Nc1cccc(NC(=O)C(=O)Nc2cccc(N)n2)n1. The van der Waals surface area contributed by atoms with E-state index in [4.69, 9.17) is 11.5 Å². The smallest absolute Gasteiger partial charge is 0.315 e. The van der Waals surface area contributed by atoms with E-state index in [1.165, 1.54) is 12.1 Å². The molecular formula is C12H12N6O2. The van der Waals surface area contributed by atoms with Crippen molar-refractivity contribution in [1.29, 1.82) is 0 Å². The first-order chi connectivity index (χ1) is 9.54. The maximum Gasteiger partial charge on any atom is 0.315 e. The van der Waals surface area contributed by atoms with Gasteiger partial charge in [-0.1, -0.05) is 12.1 Å². The van der Waals surface area contributed by atoms with Gasteiger partial charge in [-0.15, -0.1) is 0 Å². The summed E-state index contributed by atoms with van der Waals surface area (Å²) in [4.78, 5) is 31.0. The van der Waals surface area contributed by atoms with Crippen LogP contribution >= 0.6 is 0 Å². The van der Waals surface area contributed by atoms with Crippen LogP contribution in [0.2, 0.25) is 0 Å². The third kappa shape index (κ3) is 3.42. The molecule has 0 aliphatic carbocycles. The summed E-state index contributed by atoms with van der Waals surface area (Å²) < 4.78 is 0. The van der Waals surface area contributed by atoms with Gasteiger partial charge in [0.25, 0.3) is 0 Å². The third-order valence-electron chi connectivity index (χ3n) is 2.23. The van der Waals surface area contributed by atoms with E-state index in [9.17, 15) is 9.59 Å². The van der Waals surface area contributed by atoms with Crippen LogP contribution in [0.1, 0.15) is 0 Å². The zero-order valence-corrected chi connectivity index (χ0v) is 10.3. The van der Waals surface area contributed by atoms with E-state index in [2.05, 4.69) is 20.6 Å². The van der Waals surface area contributed by atoms with E-state index >= 15 is 0 Å². The number of carbonyl (C=O) groups excluding carboxylic acids is 2. The average Bonchev–Trinajstić information content (AvgIpc) is 2.38. The van der Waals surface area contributed by atoms with Crippen LogP contribution in [0.25, 0.3) is 0 Å². The van der Waals surface area contributed by atoms with Gasteiger partial charge in [-0.05, 0) is 24.3 Å². The number of aromatic nitrogens is 2. The van der Waals surface area contributed by atoms with Gasteiger partial charge >= 0.3 is 11.8 Å². The lowest BCUT2D eigenvalue weighted by molar-refractivity contribution is -0.133. The number of nitrogens with one attached hydrogen (secondary N) is 2. The Labute approximate surface area is 114 Å². The Bertz CT molecular complexity index is 600. The summed E-state index contributed by atoms with van der Waals surface area (Å²) in [6.07, 6.45) is 0. The first kappa shape index (κ1) is 13.3. The van der Waals surface area contributed by atoms with Crippen LogP contribution in [0.15, 0.2) is 36.4 Å². The molecule has 6 N–H and O–H groups in total. The predicted molar refractivity (Wildman–Crippen MR) is 74.6 cm³/mol. The van der Waals surface area contributed by atoms with E-state index in [1.54, 1.807) is 24.3 Å². The first-order valence-corrected chi connectivity index (χ1v) is 5.62. The van der Waals surface area contributed by atoms with Crippen molar-refractivity contribution < 1.29 is 9.59 Å². The Morgan fingerprint density at radius 2 is 1.20 bits per heavy atom. The van der Waals surface area contributed by atoms with Crippen molar-refractivity contribution in [1.82, 2.24) is 9.97 Å². The Hall–Kier alpha value is -3.16. The molecule has 8 nitrogen and oxygen atoms in total. The van der Waals surface area contributed by atoms with Crippen LogP contribution in [-0.2, 0) is 9.59 Å². The lowest BCUT2D eigenvalue weighted by Gasteiger charge is -2.06. The number of carbonyl (C=O) groups is 2. The van der Waals surface area contributed by atoms with Crippen LogP contribution < -0.4 is 22.1 Å². The zero-order valence-electron chi connectivity index (χ0n) is 10.3. The van der Waals surface area contributed by atoms with Gasteiger partial charge < -0.3 is 22.1 Å². The molecule has 0 fully saturated rings. The summed E-state index contributed by atoms with van der Waals surface area (Å²) in [7, 11) is 0. The number of pyridine rings is 2. The molecule has 2 heterocycles. The van der Waals surface area contributed by atoms with Gasteiger partial charge in [0.1, 0.15) is 23.3 Å². The third-order valence-corrected chi connectivity index (χ3v) is 2.23. The van der Waals surface area contributed by atoms with E-state index in [0.29, 0.717) is 0 Å². The molecule has 0 aliphatic rings. The van der Waals surface area contributed by atoms with Crippen molar-refractivity contribution in [3.8, 4) is 0 Å². The number of anilines is 4. The standard InChI is InChI=1S/C12H12N6O2/c13-7-3-1-5-9(15-7)17-11(19)12(20)18-10-6-2-4-8(14)16-10/h1-6H,(H3,13,15,17,19)(H3,14,16,18,20). The molecule has 20 heavy (non-hydrogen) atoms. The van der Waals surface area contributed by atoms with Gasteiger partial charge in [0.15, 0.2) is 0 Å². The second kappa shape index (κ2) is 5.65. The summed E-state index contributed by atoms with van der Waals surface area (Å²) in [5.74, 6) is -0.919. The van der Waals surface area contributed by atoms with E-state index in [1.807, 2.05) is 0 Å². The molecule has 0 aliphatic heterocycles. The summed E-state index contributed by atoms with van der Waals surface area (Å²) in [6.45, 7) is 0. The van der Waals surface area contributed by atoms with Crippen molar-refractivity contribution in [2.24, 2.45) is 0 Å². The average molecular weight is 272 g/mol. The number of nitrogen functional groups attached to an aromatic ring is 2. The molecule has 102 valence electrons. The van der Waals surface area contributed by atoms with Gasteiger partial charge in [0.2, 0.25) is 0 Å². The molecule has 2 amide bonds. The maximum atomic E-state index is 11.7. The predicted octanol–water partition coefficient (Wildman–Crippen LogP) is 0.218. The highest BCUT2D eigenvalue weighted by atomic mass is 16.2. The molecule has 2 aromatic heterocycles. The van der Waals surface area contributed by atoms with Gasteiger partial charge in [-0.3, -0.25) is 9.59 Å². The minimum absolute atomic E-state index is 0.186. The quantitative estimate of drug-likeness (QED) is 0.577. The molecule has 0 bridgehead atoms. The lowest BCUT2D eigenvalue weighted by atomic mass is 10.4. The largest absolute Gasteiger partial charge is 0.384 e. The molecule has 0 saturated carbocycles. The summed E-state index contributed by atoms with van der Waals surface area (Å²) in [6, 6.07) is 9.37. The Kier molecular flexibility index (Phi) is 3.75. The summed E-state index contributed by atoms with van der Waals surface area (Å²) in [5.41, 5.74) is 10.9. The number of amides is 2. The lowest BCUT2D eigenvalue weighted by Crippen LogP contribution is -2.29. The van der Waals surface area contributed by atoms with Gasteiger partial charge in [-0.2, -0.15) is 0 Å². The van der Waals surface area contributed by atoms with Crippen molar-refractivity contribution >= 4 is 35.1 Å². The molecule has 0 atom stereocenters. The number of nitrogens with two attached hydrogens (primary N) is 2. The molecule has 0 saturated heterocycles. The summed E-state index contributed by atoms with van der Waals surface area (Å²) >= 11 is 0. The fraction of sp³-hybridized carbons (Fsp3) is 0. The van der Waals surface area contributed by atoms with Gasteiger partial charge in [-0.25, -0.2) is 9.97 Å². The van der Waals surface area contributed by atoms with Crippen LogP contribution in [0.4, 0.5) is 23.3 Å². The zero-order chi connectivity index (χ0) is 14.5. The number of hydrogen-bond donors (Lipinski definition) is 4. The number of hydrogen-bond acceptors (Lipinski definition) is 6. The Morgan fingerprint density at radius 3 is 1.55 bits per heavy atom. The molecular weight excluding hydrogens is 260 g/mol. The van der Waals surface area contributed by atoms with Gasteiger partial charge in [0.05, 0.1) is 0 Å². The van der Waals surface area contributed by atoms with Crippen molar-refractivity contribution in [2.45, 2.75) is 0 Å². The number of nitrogens with zero attached hydrogens (tertiary/aromatic N) is 2. The normalized spacial score (nSPS) is 9.80. The van der Waals surface area contributed by atoms with Crippen LogP contribution in [-0.4, -0.2) is 21.8 Å². The highest BCUT2D eigenvalue weighted by molar-refractivity contribution is 6.43. The summed E-state index contributed by atoms with van der Waals surface area (Å²) in [5, 5.41) is 4.63.